The van der Waals surface area contributed by atoms with Gasteiger partial charge in [0.05, 0.1) is 0 Å². The van der Waals surface area contributed by atoms with Crippen molar-refractivity contribution in [2.45, 2.75) is 0 Å². The smallest absolute Gasteiger partial charge is 0.159 e. The van der Waals surface area contributed by atoms with Gasteiger partial charge < -0.3 is 0 Å². The van der Waals surface area contributed by atoms with Crippen LogP contribution in [0.2, 0.25) is 0 Å². The summed E-state index contributed by atoms with van der Waals surface area (Å²) in [6.45, 7) is 0. The summed E-state index contributed by atoms with van der Waals surface area (Å²) in [4.78, 5) is 8.87. The van der Waals surface area contributed by atoms with Gasteiger partial charge in [-0.15, -0.1) is 0 Å². The minimum Gasteiger partial charge on any atom is -0.237 e. The van der Waals surface area contributed by atoms with E-state index in [-0.39, 0.29) is 0 Å². The van der Waals surface area contributed by atoms with Crippen LogP contribution in [-0.2, 0) is 0 Å². The van der Waals surface area contributed by atoms with Gasteiger partial charge in [-0.3, -0.25) is 0 Å². The van der Waals surface area contributed by atoms with Crippen molar-refractivity contribution in [3.63, 3.8) is 0 Å². The van der Waals surface area contributed by atoms with Gasteiger partial charge in [-0.05, 0) is 101 Å². The largest absolute Gasteiger partial charge is 0.237 e. The molecule has 0 N–H and O–H groups in total. The highest BCUT2D eigenvalue weighted by Crippen LogP contribution is 2.45. The molecular formula is C44H28N2. The van der Waals surface area contributed by atoms with E-state index < -0.39 is 0 Å². The van der Waals surface area contributed by atoms with Crippen LogP contribution in [0.25, 0.3) is 87.9 Å². The Kier molecular flexibility index (Phi) is 6.17. The Labute approximate surface area is 267 Å². The van der Waals surface area contributed by atoms with Crippen molar-refractivity contribution in [1.82, 2.24) is 9.97 Å². The predicted molar refractivity (Wildman–Crippen MR) is 194 cm³/mol. The first kappa shape index (κ1) is 26.3. The zero-order valence-corrected chi connectivity index (χ0v) is 25.1. The molecule has 0 saturated carbocycles. The molecule has 0 atom stereocenters. The Bertz CT molecular complexity index is 2570. The number of hydrogen-bond acceptors (Lipinski definition) is 2. The normalized spacial score (nSPS) is 11.5. The average Bonchev–Trinajstić information content (AvgIpc) is 3.13. The van der Waals surface area contributed by atoms with Crippen molar-refractivity contribution in [2.24, 2.45) is 0 Å². The van der Waals surface area contributed by atoms with Crippen molar-refractivity contribution >= 4 is 43.1 Å². The first-order valence-electron chi connectivity index (χ1n) is 15.6. The van der Waals surface area contributed by atoms with Crippen LogP contribution >= 0.6 is 0 Å². The van der Waals surface area contributed by atoms with Gasteiger partial charge in [-0.1, -0.05) is 133 Å². The molecule has 0 saturated heterocycles. The second kappa shape index (κ2) is 10.8. The van der Waals surface area contributed by atoms with E-state index in [0.717, 1.165) is 17.0 Å². The Morgan fingerprint density at radius 3 is 1.35 bits per heavy atom. The van der Waals surface area contributed by atoms with Gasteiger partial charge in [-0.2, -0.15) is 0 Å². The van der Waals surface area contributed by atoms with E-state index in [0.29, 0.717) is 0 Å². The third kappa shape index (κ3) is 4.43. The van der Waals surface area contributed by atoms with Gasteiger partial charge in [-0.25, -0.2) is 9.97 Å². The zero-order valence-electron chi connectivity index (χ0n) is 25.1. The fraction of sp³-hybridized carbons (Fsp3) is 0. The zero-order chi connectivity index (χ0) is 30.5. The quantitative estimate of drug-likeness (QED) is 0.192. The van der Waals surface area contributed by atoms with Crippen LogP contribution in [0.5, 0.6) is 0 Å². The lowest BCUT2D eigenvalue weighted by Gasteiger charge is -2.19. The molecule has 0 amide bonds. The van der Waals surface area contributed by atoms with Crippen LogP contribution in [0, 0.1) is 0 Å². The van der Waals surface area contributed by atoms with E-state index in [1.807, 2.05) is 6.07 Å². The molecule has 214 valence electrons. The first-order valence-corrected chi connectivity index (χ1v) is 15.6. The van der Waals surface area contributed by atoms with Crippen LogP contribution in [0.3, 0.4) is 0 Å². The van der Waals surface area contributed by atoms with E-state index in [2.05, 4.69) is 162 Å². The van der Waals surface area contributed by atoms with E-state index in [1.54, 1.807) is 12.4 Å². The Morgan fingerprint density at radius 2 is 0.739 bits per heavy atom. The summed E-state index contributed by atoms with van der Waals surface area (Å²) in [5.74, 6) is 0.734. The van der Waals surface area contributed by atoms with Gasteiger partial charge in [0.1, 0.15) is 0 Å². The number of benzene rings is 8. The first-order chi connectivity index (χ1) is 22.8. The van der Waals surface area contributed by atoms with E-state index in [4.69, 9.17) is 0 Å². The van der Waals surface area contributed by atoms with Gasteiger partial charge >= 0.3 is 0 Å². The van der Waals surface area contributed by atoms with Crippen molar-refractivity contribution in [3.8, 4) is 44.8 Å². The number of hydrogen-bond donors (Lipinski definition) is 0. The van der Waals surface area contributed by atoms with Crippen molar-refractivity contribution in [2.75, 3.05) is 0 Å². The Balaban J connectivity index is 1.33. The van der Waals surface area contributed by atoms with Crippen molar-refractivity contribution in [1.29, 1.82) is 0 Å². The number of rotatable bonds is 4. The summed E-state index contributed by atoms with van der Waals surface area (Å²) in [6, 6.07) is 57.2. The summed E-state index contributed by atoms with van der Waals surface area (Å²) in [6.07, 6.45) is 3.57. The van der Waals surface area contributed by atoms with Crippen LogP contribution in [0.15, 0.2) is 170 Å². The summed E-state index contributed by atoms with van der Waals surface area (Å²) in [5.41, 5.74) is 8.32. The van der Waals surface area contributed by atoms with Gasteiger partial charge in [0.2, 0.25) is 0 Å². The minimum absolute atomic E-state index is 0.734. The molecule has 9 rings (SSSR count). The highest BCUT2D eigenvalue weighted by atomic mass is 14.8. The Morgan fingerprint density at radius 1 is 0.283 bits per heavy atom. The molecule has 0 aliphatic rings. The molecule has 2 nitrogen and oxygen atoms in total. The van der Waals surface area contributed by atoms with Crippen molar-refractivity contribution < 1.29 is 0 Å². The molecule has 0 aliphatic carbocycles. The highest BCUT2D eigenvalue weighted by molar-refractivity contribution is 6.22. The molecule has 46 heavy (non-hydrogen) atoms. The summed E-state index contributed by atoms with van der Waals surface area (Å²) < 4.78 is 0. The lowest BCUT2D eigenvalue weighted by atomic mass is 9.84. The molecule has 1 heterocycles. The lowest BCUT2D eigenvalue weighted by molar-refractivity contribution is 1.18. The molecule has 0 fully saturated rings. The monoisotopic (exact) mass is 584 g/mol. The standard InChI is InChI=1S/C44H28N2/c1-3-10-33-26-36(20-16-29(33)8-1)42-38-12-5-6-13-39(38)43(37-21-17-30-9-2-4-11-34(30)27-37)41-28-35(22-23-40(41)42)31-14-18-32(19-15-31)44-45-24-7-25-46-44/h1-28H. The summed E-state index contributed by atoms with van der Waals surface area (Å²) in [7, 11) is 0. The van der Waals surface area contributed by atoms with Gasteiger partial charge in [0, 0.05) is 18.0 Å². The number of nitrogens with zero attached hydrogens (tertiary/aromatic N) is 2. The molecule has 1 aromatic heterocycles. The summed E-state index contributed by atoms with van der Waals surface area (Å²) >= 11 is 0. The lowest BCUT2D eigenvalue weighted by Crippen LogP contribution is -1.92. The third-order valence-corrected chi connectivity index (χ3v) is 9.14. The number of aromatic nitrogens is 2. The second-order valence-electron chi connectivity index (χ2n) is 11.8. The number of fused-ring (bicyclic) bond motifs is 4. The fourth-order valence-corrected chi connectivity index (χ4v) is 6.93. The maximum absolute atomic E-state index is 4.43. The highest BCUT2D eigenvalue weighted by Gasteiger charge is 2.18. The third-order valence-electron chi connectivity index (χ3n) is 9.14. The second-order valence-corrected chi connectivity index (χ2v) is 11.8. The fourth-order valence-electron chi connectivity index (χ4n) is 6.93. The van der Waals surface area contributed by atoms with Crippen LogP contribution in [-0.4, -0.2) is 9.97 Å². The average molecular weight is 585 g/mol. The molecule has 0 bridgehead atoms. The van der Waals surface area contributed by atoms with Gasteiger partial charge in [0.15, 0.2) is 5.82 Å². The SMILES string of the molecule is c1cnc(-c2ccc(-c3ccc4c(-c5ccc6ccccc6c5)c5ccccc5c(-c5ccc6ccccc6c5)c4c3)cc2)nc1. The minimum atomic E-state index is 0.734. The maximum atomic E-state index is 4.43. The van der Waals surface area contributed by atoms with Crippen LogP contribution in [0.4, 0.5) is 0 Å². The van der Waals surface area contributed by atoms with E-state index >= 15 is 0 Å². The molecule has 8 aromatic carbocycles. The molecule has 0 spiro atoms. The molecule has 0 unspecified atom stereocenters. The molecular weight excluding hydrogens is 556 g/mol. The molecule has 9 aromatic rings. The molecule has 0 radical (unpaired) electrons. The molecule has 2 heteroatoms. The van der Waals surface area contributed by atoms with E-state index in [1.165, 1.54) is 70.9 Å². The van der Waals surface area contributed by atoms with Crippen molar-refractivity contribution in [3.05, 3.63) is 170 Å². The maximum Gasteiger partial charge on any atom is 0.159 e. The molecule has 0 aliphatic heterocycles. The van der Waals surface area contributed by atoms with Gasteiger partial charge in [0.25, 0.3) is 0 Å². The summed E-state index contributed by atoms with van der Waals surface area (Å²) in [5, 5.41) is 9.98. The predicted octanol–water partition coefficient (Wildman–Crippen LogP) is 11.8. The van der Waals surface area contributed by atoms with E-state index in [9.17, 15) is 0 Å². The Hall–Kier alpha value is -6.12. The topological polar surface area (TPSA) is 25.8 Å². The van der Waals surface area contributed by atoms with Crippen LogP contribution < -0.4 is 0 Å². The van der Waals surface area contributed by atoms with Crippen LogP contribution in [0.1, 0.15) is 0 Å².